The summed E-state index contributed by atoms with van der Waals surface area (Å²) >= 11 is 0. The van der Waals surface area contributed by atoms with Crippen LogP contribution in [0.25, 0.3) is 5.70 Å². The fourth-order valence-corrected chi connectivity index (χ4v) is 2.34. The molecule has 0 aliphatic carbocycles. The first-order valence-electron chi connectivity index (χ1n) is 6.37. The number of hydrogen-bond acceptors (Lipinski definition) is 1. The van der Waals surface area contributed by atoms with Gasteiger partial charge in [0, 0.05) is 5.70 Å². The molecule has 0 saturated carbocycles. The molecule has 1 aliphatic rings. The van der Waals surface area contributed by atoms with Gasteiger partial charge in [0.2, 0.25) is 0 Å². The summed E-state index contributed by atoms with van der Waals surface area (Å²) in [7, 11) is 0. The van der Waals surface area contributed by atoms with Crippen LogP contribution < -0.4 is 0 Å². The van der Waals surface area contributed by atoms with Crippen LogP contribution in [-0.4, -0.2) is 17.4 Å². The van der Waals surface area contributed by atoms with E-state index in [1.165, 1.54) is 0 Å². The van der Waals surface area contributed by atoms with Gasteiger partial charge < -0.3 is 0 Å². The first-order chi connectivity index (χ1) is 9.76. The van der Waals surface area contributed by atoms with E-state index in [4.69, 9.17) is 0 Å². The van der Waals surface area contributed by atoms with Crippen LogP contribution in [0.1, 0.15) is 19.4 Å². The maximum atomic E-state index is 14.0. The average molecular weight is 297 g/mol. The molecule has 1 aromatic rings. The summed E-state index contributed by atoms with van der Waals surface area (Å²) in [6.45, 7) is 6.74. The van der Waals surface area contributed by atoms with Crippen molar-refractivity contribution in [2.75, 3.05) is 0 Å². The van der Waals surface area contributed by atoms with Crippen molar-refractivity contribution in [1.82, 2.24) is 4.90 Å². The van der Waals surface area contributed by atoms with E-state index in [-0.39, 0.29) is 11.4 Å². The molecule has 1 aliphatic heterocycles. The second-order valence-corrected chi connectivity index (χ2v) is 4.90. The fraction of sp³-hybridized carbons (Fsp3) is 0.250. The standard InChI is InChI=1S/C16H15F4N/c1-10-9-11(2)14(13-7-5-4-6-8-13)21(12(10)3)16(19,20)15(17)18/h4-9,15H,3H2,1-2H3. The summed E-state index contributed by atoms with van der Waals surface area (Å²) in [6, 6.07) is 3.96. The number of hydrogen-bond donors (Lipinski definition) is 0. The van der Waals surface area contributed by atoms with E-state index in [0.29, 0.717) is 21.6 Å². The Morgan fingerprint density at radius 3 is 2.19 bits per heavy atom. The van der Waals surface area contributed by atoms with Gasteiger partial charge >= 0.3 is 12.5 Å². The van der Waals surface area contributed by atoms with Gasteiger partial charge in [-0.15, -0.1) is 0 Å². The largest absolute Gasteiger partial charge is 0.389 e. The zero-order valence-electron chi connectivity index (χ0n) is 11.7. The second kappa shape index (κ2) is 5.39. The van der Waals surface area contributed by atoms with Crippen molar-refractivity contribution >= 4 is 5.70 Å². The molecule has 0 fully saturated rings. The van der Waals surface area contributed by atoms with Crippen molar-refractivity contribution in [2.24, 2.45) is 0 Å². The first kappa shape index (κ1) is 15.4. The van der Waals surface area contributed by atoms with Crippen LogP contribution in [0.5, 0.6) is 0 Å². The van der Waals surface area contributed by atoms with Crippen molar-refractivity contribution in [3.63, 3.8) is 0 Å². The van der Waals surface area contributed by atoms with Crippen molar-refractivity contribution < 1.29 is 17.6 Å². The van der Waals surface area contributed by atoms with E-state index >= 15 is 0 Å². The van der Waals surface area contributed by atoms with E-state index in [1.54, 1.807) is 50.3 Å². The van der Waals surface area contributed by atoms with E-state index in [1.807, 2.05) is 0 Å². The van der Waals surface area contributed by atoms with Crippen LogP contribution in [0.3, 0.4) is 0 Å². The van der Waals surface area contributed by atoms with Gasteiger partial charge in [-0.05, 0) is 30.6 Å². The molecule has 112 valence electrons. The quantitative estimate of drug-likeness (QED) is 0.557. The monoisotopic (exact) mass is 297 g/mol. The summed E-state index contributed by atoms with van der Waals surface area (Å²) < 4.78 is 53.7. The lowest BCUT2D eigenvalue weighted by atomic mass is 9.97. The molecule has 0 saturated heterocycles. The van der Waals surface area contributed by atoms with Gasteiger partial charge in [-0.3, -0.25) is 4.90 Å². The smallest absolute Gasteiger partial charge is 0.277 e. The van der Waals surface area contributed by atoms with Gasteiger partial charge in [0.1, 0.15) is 0 Å². The third-order valence-corrected chi connectivity index (χ3v) is 3.36. The molecule has 0 radical (unpaired) electrons. The second-order valence-electron chi connectivity index (χ2n) is 4.90. The predicted molar refractivity (Wildman–Crippen MR) is 74.7 cm³/mol. The Morgan fingerprint density at radius 1 is 1.10 bits per heavy atom. The lowest BCUT2D eigenvalue weighted by molar-refractivity contribution is -0.195. The Morgan fingerprint density at radius 2 is 1.67 bits per heavy atom. The van der Waals surface area contributed by atoms with Gasteiger partial charge in [0.25, 0.3) is 0 Å². The average Bonchev–Trinajstić information content (AvgIpc) is 2.43. The summed E-state index contributed by atoms with van der Waals surface area (Å²) in [5.41, 5.74) is 1.31. The molecule has 2 rings (SSSR count). The summed E-state index contributed by atoms with van der Waals surface area (Å²) in [5.74, 6) is 0. The van der Waals surface area contributed by atoms with Gasteiger partial charge in [0.15, 0.2) is 0 Å². The number of rotatable bonds is 3. The molecule has 1 nitrogen and oxygen atoms in total. The molecular formula is C16H15F4N. The molecule has 21 heavy (non-hydrogen) atoms. The van der Waals surface area contributed by atoms with Crippen molar-refractivity contribution in [3.05, 3.63) is 65.4 Å². The van der Waals surface area contributed by atoms with Gasteiger partial charge in [-0.2, -0.15) is 8.78 Å². The molecule has 0 atom stereocenters. The Hall–Kier alpha value is -2.04. The fourth-order valence-electron chi connectivity index (χ4n) is 2.34. The molecule has 1 aromatic carbocycles. The summed E-state index contributed by atoms with van der Waals surface area (Å²) in [4.78, 5) is 0.345. The van der Waals surface area contributed by atoms with E-state index in [0.717, 1.165) is 0 Å². The van der Waals surface area contributed by atoms with Gasteiger partial charge in [0.05, 0.1) is 5.70 Å². The number of benzene rings is 1. The third-order valence-electron chi connectivity index (χ3n) is 3.36. The van der Waals surface area contributed by atoms with Crippen LogP contribution in [0.4, 0.5) is 17.6 Å². The van der Waals surface area contributed by atoms with E-state index in [9.17, 15) is 17.6 Å². The Labute approximate surface area is 120 Å². The van der Waals surface area contributed by atoms with Crippen LogP contribution in [0.2, 0.25) is 0 Å². The van der Waals surface area contributed by atoms with Crippen LogP contribution in [0.15, 0.2) is 59.8 Å². The molecule has 0 amide bonds. The van der Waals surface area contributed by atoms with Crippen LogP contribution >= 0.6 is 0 Å². The highest BCUT2D eigenvalue weighted by Crippen LogP contribution is 2.43. The van der Waals surface area contributed by atoms with Gasteiger partial charge in [-0.25, -0.2) is 8.78 Å². The first-order valence-corrected chi connectivity index (χ1v) is 6.37. The number of allylic oxidation sites excluding steroid dienone is 3. The highest BCUT2D eigenvalue weighted by atomic mass is 19.3. The van der Waals surface area contributed by atoms with Crippen molar-refractivity contribution in [2.45, 2.75) is 26.3 Å². The van der Waals surface area contributed by atoms with E-state index < -0.39 is 12.5 Å². The van der Waals surface area contributed by atoms with Crippen molar-refractivity contribution in [1.29, 1.82) is 0 Å². The minimum absolute atomic E-state index is 0.0523. The topological polar surface area (TPSA) is 3.24 Å². The summed E-state index contributed by atoms with van der Waals surface area (Å²) in [5, 5.41) is 0. The molecule has 1 heterocycles. The number of halogens is 4. The molecule has 0 bridgehead atoms. The third kappa shape index (κ3) is 2.60. The predicted octanol–water partition coefficient (Wildman–Crippen LogP) is 5.05. The lowest BCUT2D eigenvalue weighted by Crippen LogP contribution is -2.46. The molecular weight excluding hydrogens is 282 g/mol. The highest BCUT2D eigenvalue weighted by molar-refractivity contribution is 5.74. The number of alkyl halides is 4. The van der Waals surface area contributed by atoms with E-state index in [2.05, 4.69) is 6.58 Å². The minimum Gasteiger partial charge on any atom is -0.277 e. The van der Waals surface area contributed by atoms with Crippen LogP contribution in [0, 0.1) is 0 Å². The van der Waals surface area contributed by atoms with Crippen molar-refractivity contribution in [3.8, 4) is 0 Å². The maximum absolute atomic E-state index is 14.0. The molecule has 0 unspecified atom stereocenters. The van der Waals surface area contributed by atoms with Crippen LogP contribution in [-0.2, 0) is 0 Å². The minimum atomic E-state index is -4.32. The molecule has 0 N–H and O–H groups in total. The Balaban J connectivity index is 2.66. The maximum Gasteiger partial charge on any atom is 0.389 e. The number of nitrogens with zero attached hydrogens (tertiary/aromatic N) is 1. The summed E-state index contributed by atoms with van der Waals surface area (Å²) in [6.07, 6.45) is -2.14. The Kier molecular flexibility index (Phi) is 3.94. The van der Waals surface area contributed by atoms with Gasteiger partial charge in [-0.1, -0.05) is 43.0 Å². The normalized spacial score (nSPS) is 16.6. The lowest BCUT2D eigenvalue weighted by Gasteiger charge is -2.39. The zero-order chi connectivity index (χ0) is 15.8. The highest BCUT2D eigenvalue weighted by Gasteiger charge is 2.50. The molecule has 5 heteroatoms. The zero-order valence-corrected chi connectivity index (χ0v) is 11.7. The SMILES string of the molecule is C=C1C(C)=CC(C)=C(c2ccccc2)N1C(F)(F)C(F)F. The molecule has 0 spiro atoms. The Bertz CT molecular complexity index is 614. The molecule has 0 aromatic heterocycles.